The third-order valence-electron chi connectivity index (χ3n) is 4.72. The van der Waals surface area contributed by atoms with Gasteiger partial charge in [-0.2, -0.15) is 15.3 Å². The van der Waals surface area contributed by atoms with Crippen LogP contribution in [-0.4, -0.2) is 17.5 Å². The first-order valence-corrected chi connectivity index (χ1v) is 10.2. The summed E-state index contributed by atoms with van der Waals surface area (Å²) in [6, 6.07) is 29.2. The molecule has 1 N–H and O–H groups in total. The Hall–Kier alpha value is -4.65. The molecule has 0 aliphatic rings. The lowest BCUT2D eigenvalue weighted by molar-refractivity contribution is -0.143. The number of ether oxygens (including phenoxy) is 1. The Balaban J connectivity index is 1.37. The Kier molecular flexibility index (Phi) is 6.61. The van der Waals surface area contributed by atoms with Crippen molar-refractivity contribution in [3.05, 3.63) is 97.1 Å². The molecule has 0 saturated heterocycles. The summed E-state index contributed by atoms with van der Waals surface area (Å²) in [5, 5.41) is 14.0. The number of carbonyl (C=O) groups is 2. The molecular weight excluding hydrogens is 416 g/mol. The minimum Gasteiger partial charge on any atom is -0.420 e. The number of anilines is 1. The van der Waals surface area contributed by atoms with Gasteiger partial charge in [0.05, 0.1) is 17.1 Å². The van der Waals surface area contributed by atoms with Gasteiger partial charge in [0.2, 0.25) is 0 Å². The van der Waals surface area contributed by atoms with E-state index in [-0.39, 0.29) is 5.71 Å². The fraction of sp³-hybridized carbons (Fsp3) is 0.0385. The molecule has 4 aromatic rings. The largest absolute Gasteiger partial charge is 0.420 e. The summed E-state index contributed by atoms with van der Waals surface area (Å²) in [6.45, 7) is 1.45. The first kappa shape index (κ1) is 21.6. The van der Waals surface area contributed by atoms with Gasteiger partial charge in [0.15, 0.2) is 0 Å². The van der Waals surface area contributed by atoms with Gasteiger partial charge < -0.3 is 4.74 Å². The highest BCUT2D eigenvalue weighted by atomic mass is 16.5. The summed E-state index contributed by atoms with van der Waals surface area (Å²) in [7, 11) is 0. The number of hydrazone groups is 1. The van der Waals surface area contributed by atoms with Crippen molar-refractivity contribution in [2.75, 3.05) is 5.43 Å². The first-order valence-electron chi connectivity index (χ1n) is 10.2. The number of benzene rings is 4. The molecule has 33 heavy (non-hydrogen) atoms. The van der Waals surface area contributed by atoms with Gasteiger partial charge in [-0.3, -0.25) is 10.2 Å². The van der Waals surface area contributed by atoms with Gasteiger partial charge in [0.25, 0.3) is 5.78 Å². The molecule has 0 aliphatic carbocycles. The molecule has 0 amide bonds. The fourth-order valence-electron chi connectivity index (χ4n) is 2.99. The SMILES string of the molecule is CC(=NNc1ccc(N=Nc2ccccc2)cc1)C(=O)C(=O)Oc1cccc2ccccc12. The monoisotopic (exact) mass is 436 g/mol. The van der Waals surface area contributed by atoms with Gasteiger partial charge in [-0.15, -0.1) is 0 Å². The summed E-state index contributed by atoms with van der Waals surface area (Å²) in [5.41, 5.74) is 4.79. The second kappa shape index (κ2) is 10.1. The Labute approximate surface area is 190 Å². The molecule has 0 saturated carbocycles. The molecule has 0 atom stereocenters. The number of esters is 1. The zero-order valence-corrected chi connectivity index (χ0v) is 17.8. The molecule has 4 rings (SSSR count). The number of rotatable bonds is 7. The maximum atomic E-state index is 12.4. The van der Waals surface area contributed by atoms with Crippen LogP contribution in [0.3, 0.4) is 0 Å². The fourth-order valence-corrected chi connectivity index (χ4v) is 2.99. The molecule has 0 heterocycles. The number of hydrogen-bond acceptors (Lipinski definition) is 7. The lowest BCUT2D eigenvalue weighted by Gasteiger charge is -2.07. The average molecular weight is 436 g/mol. The lowest BCUT2D eigenvalue weighted by atomic mass is 10.1. The van der Waals surface area contributed by atoms with Crippen LogP contribution in [0.15, 0.2) is 112 Å². The van der Waals surface area contributed by atoms with E-state index in [0.29, 0.717) is 17.1 Å². The van der Waals surface area contributed by atoms with Crippen LogP contribution in [-0.2, 0) is 9.59 Å². The van der Waals surface area contributed by atoms with Gasteiger partial charge in [0, 0.05) is 5.39 Å². The van der Waals surface area contributed by atoms with Crippen molar-refractivity contribution in [2.45, 2.75) is 6.92 Å². The van der Waals surface area contributed by atoms with Crippen molar-refractivity contribution >= 4 is 45.3 Å². The third-order valence-corrected chi connectivity index (χ3v) is 4.72. The molecule has 0 fully saturated rings. The summed E-state index contributed by atoms with van der Waals surface area (Å²) in [4.78, 5) is 24.7. The average Bonchev–Trinajstić information content (AvgIpc) is 2.87. The van der Waals surface area contributed by atoms with Crippen LogP contribution >= 0.6 is 0 Å². The Morgan fingerprint density at radius 1 is 0.727 bits per heavy atom. The van der Waals surface area contributed by atoms with E-state index < -0.39 is 11.8 Å². The van der Waals surface area contributed by atoms with Gasteiger partial charge in [0.1, 0.15) is 11.5 Å². The van der Waals surface area contributed by atoms with Crippen LogP contribution in [0, 0.1) is 0 Å². The van der Waals surface area contributed by atoms with E-state index in [2.05, 4.69) is 20.8 Å². The van der Waals surface area contributed by atoms with Crippen molar-refractivity contribution < 1.29 is 14.3 Å². The minimum absolute atomic E-state index is 0.0203. The number of nitrogens with zero attached hydrogens (tertiary/aromatic N) is 3. The number of carbonyl (C=O) groups excluding carboxylic acids is 2. The minimum atomic E-state index is -0.994. The summed E-state index contributed by atoms with van der Waals surface area (Å²) < 4.78 is 5.32. The molecule has 0 spiro atoms. The number of Topliss-reactive ketones (excluding diaryl/α,β-unsaturated/α-hetero) is 1. The lowest BCUT2D eigenvalue weighted by Crippen LogP contribution is -2.27. The molecule has 0 radical (unpaired) electrons. The summed E-state index contributed by atoms with van der Waals surface area (Å²) >= 11 is 0. The standard InChI is InChI=1S/C26H20N4O3/c1-18(25(31)26(32)33-24-13-7-9-19-8-5-6-12-23(19)24)27-28-21-14-16-22(17-15-21)30-29-20-10-3-2-4-11-20/h2-17,28H,1H3. The van der Waals surface area contributed by atoms with E-state index in [1.807, 2.05) is 60.7 Å². The van der Waals surface area contributed by atoms with Crippen molar-refractivity contribution in [3.63, 3.8) is 0 Å². The van der Waals surface area contributed by atoms with Gasteiger partial charge >= 0.3 is 5.97 Å². The summed E-state index contributed by atoms with van der Waals surface area (Å²) in [5.74, 6) is -1.50. The quantitative estimate of drug-likeness (QED) is 0.0930. The van der Waals surface area contributed by atoms with Crippen LogP contribution in [0.1, 0.15) is 6.92 Å². The first-order chi connectivity index (χ1) is 16.1. The maximum Gasteiger partial charge on any atom is 0.386 e. The van der Waals surface area contributed by atoms with Crippen molar-refractivity contribution in [3.8, 4) is 5.75 Å². The van der Waals surface area contributed by atoms with Gasteiger partial charge in [-0.05, 0) is 54.8 Å². The van der Waals surface area contributed by atoms with Gasteiger partial charge in [-0.1, -0.05) is 54.6 Å². The third kappa shape index (κ3) is 5.54. The topological polar surface area (TPSA) is 92.5 Å². The van der Waals surface area contributed by atoms with Crippen molar-refractivity contribution in [1.29, 1.82) is 0 Å². The van der Waals surface area contributed by atoms with Crippen molar-refractivity contribution in [2.24, 2.45) is 15.3 Å². The van der Waals surface area contributed by atoms with Crippen molar-refractivity contribution in [1.82, 2.24) is 0 Å². The Morgan fingerprint density at radius 2 is 1.36 bits per heavy atom. The number of nitrogens with one attached hydrogen (secondary N) is 1. The van der Waals surface area contributed by atoms with E-state index in [1.54, 1.807) is 36.4 Å². The summed E-state index contributed by atoms with van der Waals surface area (Å²) in [6.07, 6.45) is 0. The van der Waals surface area contributed by atoms with Crippen LogP contribution in [0.25, 0.3) is 10.8 Å². The zero-order chi connectivity index (χ0) is 23.0. The molecule has 7 heteroatoms. The molecule has 162 valence electrons. The highest BCUT2D eigenvalue weighted by Crippen LogP contribution is 2.25. The van der Waals surface area contributed by atoms with Gasteiger partial charge in [-0.25, -0.2) is 4.79 Å². The molecule has 0 aromatic heterocycles. The highest BCUT2D eigenvalue weighted by molar-refractivity contribution is 6.63. The highest BCUT2D eigenvalue weighted by Gasteiger charge is 2.20. The smallest absolute Gasteiger partial charge is 0.386 e. The molecule has 0 bridgehead atoms. The molecule has 0 unspecified atom stereocenters. The molecule has 0 aliphatic heterocycles. The number of ketones is 1. The molecule has 7 nitrogen and oxygen atoms in total. The molecule has 4 aromatic carbocycles. The van der Waals surface area contributed by atoms with E-state index in [9.17, 15) is 9.59 Å². The van der Waals surface area contributed by atoms with Crippen LogP contribution in [0.5, 0.6) is 5.75 Å². The number of fused-ring (bicyclic) bond motifs is 1. The number of azo groups is 1. The second-order valence-electron chi connectivity index (χ2n) is 7.09. The van der Waals surface area contributed by atoms with Crippen LogP contribution in [0.2, 0.25) is 0 Å². The van der Waals surface area contributed by atoms with E-state index in [4.69, 9.17) is 4.74 Å². The van der Waals surface area contributed by atoms with Crippen LogP contribution in [0.4, 0.5) is 17.1 Å². The maximum absolute atomic E-state index is 12.4. The van der Waals surface area contributed by atoms with E-state index >= 15 is 0 Å². The Bertz CT molecular complexity index is 1340. The number of hydrogen-bond donors (Lipinski definition) is 1. The van der Waals surface area contributed by atoms with Crippen LogP contribution < -0.4 is 10.2 Å². The molecular formula is C26H20N4O3. The van der Waals surface area contributed by atoms with E-state index in [1.165, 1.54) is 6.92 Å². The predicted octanol–water partition coefficient (Wildman–Crippen LogP) is 6.22. The second-order valence-corrected chi connectivity index (χ2v) is 7.09. The zero-order valence-electron chi connectivity index (χ0n) is 17.8. The normalized spacial score (nSPS) is 11.5. The Morgan fingerprint density at radius 3 is 2.12 bits per heavy atom. The predicted molar refractivity (Wildman–Crippen MR) is 128 cm³/mol. The van der Waals surface area contributed by atoms with E-state index in [0.717, 1.165) is 16.5 Å².